The number of hydrogen-bond acceptors (Lipinski definition) is 1. The molecule has 144 valence electrons. The topological polar surface area (TPSA) is 9.23 Å². The van der Waals surface area contributed by atoms with Crippen molar-refractivity contribution in [1.29, 1.82) is 0 Å². The fourth-order valence-electron chi connectivity index (χ4n) is 2.65. The Morgan fingerprint density at radius 1 is 0.704 bits per heavy atom. The van der Waals surface area contributed by atoms with Crippen molar-refractivity contribution in [3.05, 3.63) is 75.6 Å². The number of halogens is 4. The Morgan fingerprint density at radius 3 is 1.30 bits per heavy atom. The molecule has 0 spiro atoms. The zero-order chi connectivity index (χ0) is 20.1. The molecule has 0 unspecified atom stereocenters. The lowest BCUT2D eigenvalue weighted by Crippen LogP contribution is -2.00. The molecule has 2 aromatic carbocycles. The summed E-state index contributed by atoms with van der Waals surface area (Å²) in [4.78, 5) is 0. The molecule has 0 heterocycles. The van der Waals surface area contributed by atoms with Gasteiger partial charge in [-0.3, -0.25) is 0 Å². The maximum Gasteiger partial charge on any atom is 0.0681 e. The van der Waals surface area contributed by atoms with Gasteiger partial charge in [0.15, 0.2) is 0 Å². The molecule has 0 aliphatic heterocycles. The van der Waals surface area contributed by atoms with Crippen molar-refractivity contribution < 1.29 is 4.74 Å². The Balaban J connectivity index is 2.02. The van der Waals surface area contributed by atoms with Crippen molar-refractivity contribution in [2.45, 2.75) is 27.7 Å². The van der Waals surface area contributed by atoms with Crippen LogP contribution in [0.1, 0.15) is 36.1 Å². The Labute approximate surface area is 195 Å². The van der Waals surface area contributed by atoms with Gasteiger partial charge in [-0.2, -0.15) is 0 Å². The maximum atomic E-state index is 5.91. The molecule has 0 atom stereocenters. The Hall–Kier alpha value is -0.200. The van der Waals surface area contributed by atoms with Crippen molar-refractivity contribution in [1.82, 2.24) is 0 Å². The lowest BCUT2D eigenvalue weighted by Gasteiger charge is -2.09. The van der Waals surface area contributed by atoms with Gasteiger partial charge in [-0.15, -0.1) is 0 Å². The molecule has 0 fully saturated rings. The van der Waals surface area contributed by atoms with E-state index in [1.165, 1.54) is 22.3 Å². The molecule has 5 heteroatoms. The summed E-state index contributed by atoms with van der Waals surface area (Å²) < 4.78 is 10.2. The Morgan fingerprint density at radius 2 is 1.00 bits per heavy atom. The van der Waals surface area contributed by atoms with Crippen LogP contribution in [0.4, 0.5) is 0 Å². The maximum absolute atomic E-state index is 5.91. The first kappa shape index (κ1) is 23.1. The van der Waals surface area contributed by atoms with Crippen LogP contribution >= 0.6 is 63.7 Å². The van der Waals surface area contributed by atoms with E-state index in [1.54, 1.807) is 0 Å². The molecule has 0 aliphatic rings. The highest BCUT2D eigenvalue weighted by Gasteiger charge is 2.06. The lowest BCUT2D eigenvalue weighted by atomic mass is 10.1. The van der Waals surface area contributed by atoms with Crippen LogP contribution in [-0.2, 0) is 4.74 Å². The molecule has 0 aromatic heterocycles. The number of aryl methyl sites for hydroxylation is 2. The average molecular weight is 622 g/mol. The second kappa shape index (κ2) is 10.5. The van der Waals surface area contributed by atoms with Crippen molar-refractivity contribution >= 4 is 75.9 Å². The van der Waals surface area contributed by atoms with Crippen LogP contribution < -0.4 is 0 Å². The molecule has 27 heavy (non-hydrogen) atoms. The summed E-state index contributed by atoms with van der Waals surface area (Å²) in [6, 6.07) is 8.48. The van der Waals surface area contributed by atoms with Crippen LogP contribution in [0.3, 0.4) is 0 Å². The first-order valence-electron chi connectivity index (χ1n) is 8.50. The zero-order valence-corrected chi connectivity index (χ0v) is 22.1. The standard InChI is InChI=1S/C22H22Br4O/c1-13-7-19(23)17(20(24)8-13)5-15(3)11-27-12-16(4)6-18-21(25)9-14(2)10-22(18)26/h5-10H,11-12H2,1-4H3. The van der Waals surface area contributed by atoms with Gasteiger partial charge in [0.1, 0.15) is 0 Å². The van der Waals surface area contributed by atoms with Crippen LogP contribution in [0.2, 0.25) is 0 Å². The van der Waals surface area contributed by atoms with Crippen LogP contribution in [0.5, 0.6) is 0 Å². The van der Waals surface area contributed by atoms with E-state index in [9.17, 15) is 0 Å². The third-order valence-corrected chi connectivity index (χ3v) is 6.51. The zero-order valence-electron chi connectivity index (χ0n) is 15.8. The smallest absolute Gasteiger partial charge is 0.0681 e. The number of ether oxygens (including phenoxy) is 1. The summed E-state index contributed by atoms with van der Waals surface area (Å²) >= 11 is 14.6. The highest BCUT2D eigenvalue weighted by Crippen LogP contribution is 2.30. The van der Waals surface area contributed by atoms with E-state index in [1.807, 2.05) is 0 Å². The van der Waals surface area contributed by atoms with Gasteiger partial charge in [0.05, 0.1) is 13.2 Å². The van der Waals surface area contributed by atoms with Crippen LogP contribution in [-0.4, -0.2) is 13.2 Å². The van der Waals surface area contributed by atoms with E-state index in [0.717, 1.165) is 29.0 Å². The van der Waals surface area contributed by atoms with Gasteiger partial charge in [0.25, 0.3) is 0 Å². The minimum absolute atomic E-state index is 0.591. The summed E-state index contributed by atoms with van der Waals surface area (Å²) in [6.07, 6.45) is 4.31. The summed E-state index contributed by atoms with van der Waals surface area (Å²) in [5, 5.41) is 0. The third-order valence-electron chi connectivity index (χ3n) is 3.89. The molecule has 0 saturated heterocycles. The fourth-order valence-corrected chi connectivity index (χ4v) is 5.94. The predicted molar refractivity (Wildman–Crippen MR) is 131 cm³/mol. The van der Waals surface area contributed by atoms with Gasteiger partial charge in [-0.05, 0) is 74.2 Å². The van der Waals surface area contributed by atoms with Crippen molar-refractivity contribution in [3.63, 3.8) is 0 Å². The minimum atomic E-state index is 0.591. The van der Waals surface area contributed by atoms with Crippen LogP contribution in [0.25, 0.3) is 12.2 Å². The molecule has 0 N–H and O–H groups in total. The molecule has 2 rings (SSSR count). The lowest BCUT2D eigenvalue weighted by molar-refractivity contribution is 0.181. The summed E-state index contributed by atoms with van der Waals surface area (Å²) in [6.45, 7) is 9.52. The largest absolute Gasteiger partial charge is 0.373 e. The van der Waals surface area contributed by atoms with E-state index in [4.69, 9.17) is 4.74 Å². The second-order valence-electron chi connectivity index (χ2n) is 6.76. The first-order chi connectivity index (χ1) is 12.7. The van der Waals surface area contributed by atoms with Crippen LogP contribution in [0, 0.1) is 13.8 Å². The minimum Gasteiger partial charge on any atom is -0.373 e. The van der Waals surface area contributed by atoms with E-state index < -0.39 is 0 Å². The van der Waals surface area contributed by atoms with Crippen molar-refractivity contribution in [2.24, 2.45) is 0 Å². The highest BCUT2D eigenvalue weighted by molar-refractivity contribution is 9.11. The molecular weight excluding hydrogens is 600 g/mol. The number of benzene rings is 2. The summed E-state index contributed by atoms with van der Waals surface area (Å²) in [7, 11) is 0. The van der Waals surface area contributed by atoms with Crippen LogP contribution in [0.15, 0.2) is 53.3 Å². The normalized spacial score (nSPS) is 12.6. The molecule has 0 bridgehead atoms. The highest BCUT2D eigenvalue weighted by atomic mass is 79.9. The molecular formula is C22H22Br4O. The van der Waals surface area contributed by atoms with E-state index in [0.29, 0.717) is 13.2 Å². The molecule has 0 radical (unpaired) electrons. The van der Waals surface area contributed by atoms with Gasteiger partial charge >= 0.3 is 0 Å². The molecule has 0 aliphatic carbocycles. The summed E-state index contributed by atoms with van der Waals surface area (Å²) in [5.74, 6) is 0. The number of hydrogen-bond donors (Lipinski definition) is 0. The first-order valence-corrected chi connectivity index (χ1v) is 11.7. The molecule has 1 nitrogen and oxygen atoms in total. The molecule has 2 aromatic rings. The Bertz CT molecular complexity index is 778. The Kier molecular flexibility index (Phi) is 9.01. The van der Waals surface area contributed by atoms with Crippen molar-refractivity contribution in [3.8, 4) is 0 Å². The van der Waals surface area contributed by atoms with E-state index >= 15 is 0 Å². The molecule has 0 amide bonds. The molecule has 0 saturated carbocycles. The van der Waals surface area contributed by atoms with Gasteiger partial charge in [0.2, 0.25) is 0 Å². The second-order valence-corrected chi connectivity index (χ2v) is 10.2. The SMILES string of the molecule is CC(=Cc1c(Br)cc(C)cc1Br)COCC(C)=Cc1c(Br)cc(C)cc1Br. The van der Waals surface area contributed by atoms with Gasteiger partial charge in [0, 0.05) is 29.0 Å². The summed E-state index contributed by atoms with van der Waals surface area (Å²) in [5.41, 5.74) is 7.06. The monoisotopic (exact) mass is 618 g/mol. The fraction of sp³-hybridized carbons (Fsp3) is 0.273. The average Bonchev–Trinajstić information content (AvgIpc) is 2.54. The van der Waals surface area contributed by atoms with E-state index in [2.05, 4.69) is 128 Å². The number of rotatable bonds is 6. The third kappa shape index (κ3) is 6.97. The van der Waals surface area contributed by atoms with Crippen molar-refractivity contribution in [2.75, 3.05) is 13.2 Å². The van der Waals surface area contributed by atoms with E-state index in [-0.39, 0.29) is 0 Å². The quantitative estimate of drug-likeness (QED) is 0.313. The van der Waals surface area contributed by atoms with Gasteiger partial charge in [-0.1, -0.05) is 75.9 Å². The van der Waals surface area contributed by atoms with Gasteiger partial charge < -0.3 is 4.74 Å². The predicted octanol–water partition coefficient (Wildman–Crippen LogP) is 8.88. The van der Waals surface area contributed by atoms with Gasteiger partial charge in [-0.25, -0.2) is 0 Å².